The third-order valence-electron chi connectivity index (χ3n) is 4.76. The van der Waals surface area contributed by atoms with Gasteiger partial charge in [-0.2, -0.15) is 0 Å². The fourth-order valence-corrected chi connectivity index (χ4v) is 3.14. The molecule has 2 aromatic rings. The van der Waals surface area contributed by atoms with Crippen LogP contribution in [0.15, 0.2) is 54.6 Å². The maximum absolute atomic E-state index is 12.4. The molecule has 1 aliphatic heterocycles. The highest BCUT2D eigenvalue weighted by molar-refractivity contribution is 5.81. The molecule has 1 saturated heterocycles. The van der Waals surface area contributed by atoms with Gasteiger partial charge in [0.25, 0.3) is 5.91 Å². The summed E-state index contributed by atoms with van der Waals surface area (Å²) in [5, 5.41) is 6.46. The van der Waals surface area contributed by atoms with E-state index in [1.807, 2.05) is 42.5 Å². The fourth-order valence-electron chi connectivity index (χ4n) is 3.14. The molecule has 4 nitrogen and oxygen atoms in total. The van der Waals surface area contributed by atoms with Crippen molar-refractivity contribution in [2.75, 3.05) is 13.1 Å². The summed E-state index contributed by atoms with van der Waals surface area (Å²) in [6.07, 6.45) is 0.454. The van der Waals surface area contributed by atoms with Crippen LogP contribution in [0.4, 0.5) is 0 Å². The van der Waals surface area contributed by atoms with E-state index in [0.29, 0.717) is 11.7 Å². The van der Waals surface area contributed by atoms with Gasteiger partial charge in [0, 0.05) is 6.04 Å². The minimum Gasteiger partial charge on any atom is -0.481 e. The Labute approximate surface area is 149 Å². The second kappa shape index (κ2) is 8.17. The van der Waals surface area contributed by atoms with Crippen LogP contribution in [0, 0.1) is 5.92 Å². The molecule has 0 aliphatic carbocycles. The van der Waals surface area contributed by atoms with E-state index in [4.69, 9.17) is 4.74 Å². The van der Waals surface area contributed by atoms with Crippen molar-refractivity contribution in [1.29, 1.82) is 0 Å². The third kappa shape index (κ3) is 4.60. The van der Waals surface area contributed by atoms with Gasteiger partial charge in [0.15, 0.2) is 6.10 Å². The van der Waals surface area contributed by atoms with Crippen LogP contribution in [0.2, 0.25) is 0 Å². The molecule has 0 spiro atoms. The van der Waals surface area contributed by atoms with Gasteiger partial charge in [-0.1, -0.05) is 49.4 Å². The SMILES string of the molecule is CC(Oc1ccc(-c2ccccc2)cc1)C(=O)NC1CCNCC1C. The van der Waals surface area contributed by atoms with E-state index in [1.165, 1.54) is 5.56 Å². The molecule has 1 heterocycles. The second-order valence-corrected chi connectivity index (χ2v) is 6.74. The van der Waals surface area contributed by atoms with Gasteiger partial charge in [-0.3, -0.25) is 4.79 Å². The molecule has 0 bridgehead atoms. The van der Waals surface area contributed by atoms with Crippen LogP contribution in [0.5, 0.6) is 5.75 Å². The molecule has 2 aromatic carbocycles. The number of benzene rings is 2. The number of rotatable bonds is 5. The molecule has 1 aliphatic rings. The van der Waals surface area contributed by atoms with Crippen molar-refractivity contribution in [3.8, 4) is 16.9 Å². The van der Waals surface area contributed by atoms with Crippen molar-refractivity contribution in [3.63, 3.8) is 0 Å². The lowest BCUT2D eigenvalue weighted by atomic mass is 9.95. The first-order chi connectivity index (χ1) is 12.1. The Morgan fingerprint density at radius 3 is 2.48 bits per heavy atom. The molecule has 0 radical (unpaired) electrons. The van der Waals surface area contributed by atoms with Crippen molar-refractivity contribution >= 4 is 5.91 Å². The van der Waals surface area contributed by atoms with E-state index >= 15 is 0 Å². The lowest BCUT2D eigenvalue weighted by Crippen LogP contribution is -2.51. The molecule has 1 amide bonds. The molecular formula is C21H26N2O2. The Kier molecular flexibility index (Phi) is 5.71. The number of piperidine rings is 1. The number of nitrogens with one attached hydrogen (secondary N) is 2. The second-order valence-electron chi connectivity index (χ2n) is 6.74. The number of hydrogen-bond acceptors (Lipinski definition) is 3. The van der Waals surface area contributed by atoms with Crippen molar-refractivity contribution in [2.45, 2.75) is 32.4 Å². The van der Waals surface area contributed by atoms with Gasteiger partial charge in [0.05, 0.1) is 0 Å². The molecular weight excluding hydrogens is 312 g/mol. The summed E-state index contributed by atoms with van der Waals surface area (Å²) in [4.78, 5) is 12.4. The molecule has 25 heavy (non-hydrogen) atoms. The summed E-state index contributed by atoms with van der Waals surface area (Å²) in [7, 11) is 0. The number of carbonyl (C=O) groups is 1. The Balaban J connectivity index is 1.57. The zero-order chi connectivity index (χ0) is 17.6. The third-order valence-corrected chi connectivity index (χ3v) is 4.76. The molecule has 132 valence electrons. The number of hydrogen-bond donors (Lipinski definition) is 2. The molecule has 3 atom stereocenters. The quantitative estimate of drug-likeness (QED) is 0.880. The lowest BCUT2D eigenvalue weighted by Gasteiger charge is -2.31. The monoisotopic (exact) mass is 338 g/mol. The Bertz CT molecular complexity index is 685. The van der Waals surface area contributed by atoms with E-state index in [1.54, 1.807) is 6.92 Å². The van der Waals surface area contributed by atoms with Crippen molar-refractivity contribution < 1.29 is 9.53 Å². The summed E-state index contributed by atoms with van der Waals surface area (Å²) in [5.74, 6) is 1.10. The van der Waals surface area contributed by atoms with Gasteiger partial charge in [-0.05, 0) is 55.6 Å². The summed E-state index contributed by atoms with van der Waals surface area (Å²) < 4.78 is 5.82. The summed E-state index contributed by atoms with van der Waals surface area (Å²) in [6, 6.07) is 18.3. The van der Waals surface area contributed by atoms with Crippen LogP contribution in [-0.2, 0) is 4.79 Å². The lowest BCUT2D eigenvalue weighted by molar-refractivity contribution is -0.128. The van der Waals surface area contributed by atoms with E-state index in [0.717, 1.165) is 25.1 Å². The Morgan fingerprint density at radius 2 is 1.80 bits per heavy atom. The normalized spacial score (nSPS) is 21.4. The molecule has 4 heteroatoms. The van der Waals surface area contributed by atoms with Gasteiger partial charge >= 0.3 is 0 Å². The molecule has 0 saturated carbocycles. The van der Waals surface area contributed by atoms with Crippen LogP contribution >= 0.6 is 0 Å². The van der Waals surface area contributed by atoms with E-state index in [9.17, 15) is 4.79 Å². The van der Waals surface area contributed by atoms with E-state index in [-0.39, 0.29) is 11.9 Å². The van der Waals surface area contributed by atoms with Crippen LogP contribution < -0.4 is 15.4 Å². The van der Waals surface area contributed by atoms with Gasteiger partial charge < -0.3 is 15.4 Å². The minimum atomic E-state index is -0.510. The van der Waals surface area contributed by atoms with Gasteiger partial charge in [0.1, 0.15) is 5.75 Å². The van der Waals surface area contributed by atoms with Crippen LogP contribution in [-0.4, -0.2) is 31.1 Å². The van der Waals surface area contributed by atoms with Crippen molar-refractivity contribution in [2.24, 2.45) is 5.92 Å². The van der Waals surface area contributed by atoms with Crippen LogP contribution in [0.25, 0.3) is 11.1 Å². The van der Waals surface area contributed by atoms with Crippen LogP contribution in [0.1, 0.15) is 20.3 Å². The molecule has 2 N–H and O–H groups in total. The molecule has 3 rings (SSSR count). The highest BCUT2D eigenvalue weighted by Crippen LogP contribution is 2.22. The van der Waals surface area contributed by atoms with E-state index < -0.39 is 6.10 Å². The minimum absolute atomic E-state index is 0.0501. The average molecular weight is 338 g/mol. The zero-order valence-corrected chi connectivity index (χ0v) is 14.9. The maximum atomic E-state index is 12.4. The average Bonchev–Trinajstić information content (AvgIpc) is 2.65. The van der Waals surface area contributed by atoms with Gasteiger partial charge in [-0.25, -0.2) is 0 Å². The summed E-state index contributed by atoms with van der Waals surface area (Å²) in [5.41, 5.74) is 2.30. The first kappa shape index (κ1) is 17.5. The summed E-state index contributed by atoms with van der Waals surface area (Å²) >= 11 is 0. The largest absolute Gasteiger partial charge is 0.481 e. The van der Waals surface area contributed by atoms with Gasteiger partial charge in [0.2, 0.25) is 0 Å². The van der Waals surface area contributed by atoms with Crippen molar-refractivity contribution in [3.05, 3.63) is 54.6 Å². The first-order valence-corrected chi connectivity index (χ1v) is 8.96. The predicted molar refractivity (Wildman–Crippen MR) is 101 cm³/mol. The Hall–Kier alpha value is -2.33. The zero-order valence-electron chi connectivity index (χ0n) is 14.9. The highest BCUT2D eigenvalue weighted by atomic mass is 16.5. The van der Waals surface area contributed by atoms with Crippen LogP contribution in [0.3, 0.4) is 0 Å². The maximum Gasteiger partial charge on any atom is 0.261 e. The topological polar surface area (TPSA) is 50.4 Å². The van der Waals surface area contributed by atoms with E-state index in [2.05, 4.69) is 29.7 Å². The smallest absolute Gasteiger partial charge is 0.261 e. The summed E-state index contributed by atoms with van der Waals surface area (Å²) in [6.45, 7) is 5.85. The fraction of sp³-hybridized carbons (Fsp3) is 0.381. The molecule has 0 aromatic heterocycles. The standard InChI is InChI=1S/C21H26N2O2/c1-15-14-22-13-12-20(15)23-21(24)16(2)25-19-10-8-18(9-11-19)17-6-4-3-5-7-17/h3-11,15-16,20,22H,12-14H2,1-2H3,(H,23,24). The Morgan fingerprint density at radius 1 is 1.12 bits per heavy atom. The highest BCUT2D eigenvalue weighted by Gasteiger charge is 2.25. The van der Waals surface area contributed by atoms with Crippen molar-refractivity contribution in [1.82, 2.24) is 10.6 Å². The van der Waals surface area contributed by atoms with Gasteiger partial charge in [-0.15, -0.1) is 0 Å². The number of ether oxygens (including phenoxy) is 1. The number of amides is 1. The molecule has 3 unspecified atom stereocenters. The first-order valence-electron chi connectivity index (χ1n) is 8.96. The number of carbonyl (C=O) groups excluding carboxylic acids is 1. The molecule has 1 fully saturated rings. The predicted octanol–water partition coefficient (Wildman–Crippen LogP) is 3.24.